The molecular formula is C104H112B6N10O16. The van der Waals surface area contributed by atoms with E-state index in [4.69, 9.17) is 112 Å². The van der Waals surface area contributed by atoms with Gasteiger partial charge in [0.1, 0.15) is 71.2 Å². The number of nitrogens with two attached hydrogens (primary N) is 2. The monoisotopic (exact) mass is 1820 g/mol. The minimum absolute atomic E-state index is 0. The Balaban J connectivity index is 0.000000145. The zero-order chi connectivity index (χ0) is 95.0. The fraction of sp³-hybridized carbons (Fsp3) is 0.298. The molecule has 3 fully saturated rings. The highest BCUT2D eigenvalue weighted by atomic mass is 16.5. The fourth-order valence-electron chi connectivity index (χ4n) is 16.1. The second-order valence-electron chi connectivity index (χ2n) is 32.7. The zero-order valence-electron chi connectivity index (χ0n) is 78.2. The number of ether oxygens (including phenoxy) is 9. The third-order valence-corrected chi connectivity index (χ3v) is 23.0. The van der Waals surface area contributed by atoms with Crippen LogP contribution in [0.5, 0.6) is 86.9 Å². The Bertz CT molecular complexity index is 5990. The van der Waals surface area contributed by atoms with Crippen LogP contribution in [0, 0.1) is 26.3 Å². The summed E-state index contributed by atoms with van der Waals surface area (Å²) in [4.78, 5) is 29.3. The molecule has 12 aromatic rings. The van der Waals surface area contributed by atoms with Crippen LogP contribution in [0.4, 0.5) is 28.6 Å². The van der Waals surface area contributed by atoms with Crippen LogP contribution in [0.25, 0.3) is 19.4 Å². The van der Waals surface area contributed by atoms with Crippen LogP contribution in [0.2, 0.25) is 27.3 Å². The first-order valence-electron chi connectivity index (χ1n) is 46.1. The number of rotatable bonds is 20. The quantitative estimate of drug-likeness (QED) is 0.0472. The summed E-state index contributed by atoms with van der Waals surface area (Å²) in [7, 11) is 5.06. The topological polar surface area (TPSA) is 292 Å². The van der Waals surface area contributed by atoms with Gasteiger partial charge in [-0.2, -0.15) is 9.97 Å². The molecule has 0 spiro atoms. The molecule has 8 aliphatic rings. The summed E-state index contributed by atoms with van der Waals surface area (Å²) < 4.78 is 79.9. The van der Waals surface area contributed by atoms with Gasteiger partial charge in [-0.3, -0.25) is 0 Å². The zero-order valence-corrected chi connectivity index (χ0v) is 78.2. The van der Waals surface area contributed by atoms with Gasteiger partial charge in [-0.25, -0.2) is 24.4 Å². The van der Waals surface area contributed by atoms with Crippen molar-refractivity contribution in [3.8, 4) is 86.9 Å². The SMILES string of the molecule is CB1OCc2cc(Oc3ccccc3)ccc21.CB1OCc2ccc(Oc3ccccc3)cc21.CCN.CCN.O.[B]c1ccc(Oc2ccc([N+]#[C-])c(N3CCCC3)n2)cc1CC.[C-]#[N+]c1ccc(Oc2ccc3c(c2)COB3C)cc1OC1CCCC1.[C-]#[N+]c1ccc(Oc2ccc3c(c2)COB3C)nc1OCC.[C-]#[N+]c1ccc(Oc2ccc3c(c2)COB3O)nc1OC1CCCC1. The number of para-hydroxylation sites is 2. The highest BCUT2D eigenvalue weighted by molar-refractivity contribution is 6.69. The van der Waals surface area contributed by atoms with Gasteiger partial charge in [-0.15, -0.1) is 0 Å². The van der Waals surface area contributed by atoms with E-state index in [-0.39, 0.29) is 45.3 Å². The first kappa shape index (κ1) is 101. The lowest BCUT2D eigenvalue weighted by Crippen LogP contribution is -2.27. The number of hydrogen-bond acceptors (Lipinski definition) is 21. The molecule has 3 aromatic heterocycles. The van der Waals surface area contributed by atoms with Gasteiger partial charge in [0.2, 0.25) is 52.1 Å². The molecule has 0 bridgehead atoms. The second-order valence-corrected chi connectivity index (χ2v) is 32.7. The molecule has 9 aromatic carbocycles. The summed E-state index contributed by atoms with van der Waals surface area (Å²) in [5, 5.41) is 9.67. The summed E-state index contributed by atoms with van der Waals surface area (Å²) >= 11 is 0. The van der Waals surface area contributed by atoms with E-state index in [1.165, 1.54) is 51.4 Å². The molecule has 20 rings (SSSR count). The number of fused-ring (bicyclic) bond motifs is 5. The van der Waals surface area contributed by atoms with Crippen molar-refractivity contribution in [2.24, 2.45) is 11.5 Å². The van der Waals surface area contributed by atoms with Crippen molar-refractivity contribution in [3.05, 3.63) is 304 Å². The van der Waals surface area contributed by atoms with E-state index < -0.39 is 7.12 Å². The fourth-order valence-corrected chi connectivity index (χ4v) is 16.1. The molecule has 32 heteroatoms. The Kier molecular flexibility index (Phi) is 38.2. The molecular weight excluding hydrogens is 1710 g/mol. The van der Waals surface area contributed by atoms with Crippen molar-refractivity contribution in [1.82, 2.24) is 15.0 Å². The van der Waals surface area contributed by atoms with E-state index in [1.54, 1.807) is 54.6 Å². The molecule has 6 aliphatic heterocycles. The summed E-state index contributed by atoms with van der Waals surface area (Å²) in [6.07, 6.45) is 12.3. The number of aromatic nitrogens is 3. The van der Waals surface area contributed by atoms with Crippen molar-refractivity contribution in [1.29, 1.82) is 0 Å². The summed E-state index contributed by atoms with van der Waals surface area (Å²) in [5.74, 6) is 10.2. The molecule has 0 unspecified atom stereocenters. The predicted octanol–water partition coefficient (Wildman–Crippen LogP) is 19.0. The number of hydrogen-bond donors (Lipinski definition) is 3. The van der Waals surface area contributed by atoms with Crippen molar-refractivity contribution in [2.45, 2.75) is 171 Å². The number of benzene rings is 9. The number of anilines is 1. The van der Waals surface area contributed by atoms with Crippen LogP contribution in [0.15, 0.2) is 224 Å². The highest BCUT2D eigenvalue weighted by Crippen LogP contribution is 2.40. The Morgan fingerprint density at radius 3 is 1.26 bits per heavy atom. The minimum Gasteiger partial charge on any atom is -0.501 e. The largest absolute Gasteiger partial charge is 0.501 e. The van der Waals surface area contributed by atoms with Gasteiger partial charge in [0.25, 0.3) is 0 Å². The lowest BCUT2D eigenvalue weighted by Gasteiger charge is -2.19. The molecule has 2 radical (unpaired) electrons. The molecule has 692 valence electrons. The van der Waals surface area contributed by atoms with E-state index >= 15 is 0 Å². The van der Waals surface area contributed by atoms with Crippen molar-refractivity contribution in [3.63, 3.8) is 0 Å². The van der Waals surface area contributed by atoms with Crippen LogP contribution in [-0.2, 0) is 62.7 Å². The molecule has 0 amide bonds. The van der Waals surface area contributed by atoms with E-state index in [9.17, 15) is 5.02 Å². The Hall–Kier alpha value is -13.6. The summed E-state index contributed by atoms with van der Waals surface area (Å²) in [6, 6.07) is 70.4. The Labute approximate surface area is 801 Å². The third-order valence-electron chi connectivity index (χ3n) is 23.0. The molecule has 7 N–H and O–H groups in total. The lowest BCUT2D eigenvalue weighted by atomic mass is 9.64. The summed E-state index contributed by atoms with van der Waals surface area (Å²) in [5.41, 5.74) is 24.8. The maximum Gasteiger partial charge on any atom is 0.491 e. The van der Waals surface area contributed by atoms with Crippen molar-refractivity contribution >= 4 is 104 Å². The molecule has 2 aliphatic carbocycles. The van der Waals surface area contributed by atoms with Crippen molar-refractivity contribution < 1.29 is 76.4 Å². The van der Waals surface area contributed by atoms with Crippen LogP contribution in [0.3, 0.4) is 0 Å². The van der Waals surface area contributed by atoms with Crippen LogP contribution >= 0.6 is 0 Å². The van der Waals surface area contributed by atoms with Gasteiger partial charge in [-0.1, -0.05) is 132 Å². The standard InChI is InChI=1S/C20H20BNO3.C18H18BN3O.C18H17BN2O4.C16H15BN2O3.2C14H13BO2.2C2H7N.H2O/c1-21-18-9-7-16(11-14(18)13-23-21)24-17-8-10-19(22-2)20(12-17)25-15-5-3-4-6-15;1-3-13-12-14(6-7-15(13)19)23-17-9-8-16(20-2)18(21-17)22-10-4-5-11-22;1-20-16-8-9-17(21-18(16)25-13-4-2-3-5-13)24-14-6-7-15-12(10-14)11-23-19(15)22;1-4-20-16-14(18-3)7-8-15(19-16)22-12-5-6-13-11(9-12)10-21-17(13)2;1-15-14-8-7-13(9-11(14)10-16-15)17-12-5-3-2-4-6-12;1-15-14-9-13(8-7-11(14)10-16-15)17-12-5-3-2-4-6-12;2*1-2-3;/h7-12,15H,3-6,13H2,1H3;6-9,12H,3-5,10-11H2,1H3;6-10,13,22H,2-5,11H2;5-9H,4,10H2,1-2H3;2*2-9H,10H2,1H3;2*2-3H2,1H3;1H2. The maximum atomic E-state index is 9.67. The lowest BCUT2D eigenvalue weighted by molar-refractivity contribution is 0.201. The highest BCUT2D eigenvalue weighted by Gasteiger charge is 2.31. The van der Waals surface area contributed by atoms with Gasteiger partial charge in [0, 0.05) is 19.2 Å². The Morgan fingerprint density at radius 2 is 0.765 bits per heavy atom. The van der Waals surface area contributed by atoms with E-state index in [0.717, 1.165) is 146 Å². The van der Waals surface area contributed by atoms with Gasteiger partial charge < -0.3 is 92.8 Å². The van der Waals surface area contributed by atoms with Gasteiger partial charge in [0.15, 0.2) is 0 Å². The van der Waals surface area contributed by atoms with E-state index in [1.807, 2.05) is 167 Å². The summed E-state index contributed by atoms with van der Waals surface area (Å²) in [6.45, 7) is 52.5. The molecule has 0 atom stereocenters. The smallest absolute Gasteiger partial charge is 0.491 e. The number of aryl methyl sites for hydroxylation is 1. The first-order chi connectivity index (χ1) is 65.8. The maximum absolute atomic E-state index is 9.67. The van der Waals surface area contributed by atoms with E-state index in [2.05, 4.69) is 97.0 Å². The van der Waals surface area contributed by atoms with Crippen LogP contribution < -0.4 is 91.8 Å². The Morgan fingerprint density at radius 1 is 0.390 bits per heavy atom. The normalized spacial score (nSPS) is 14.1. The molecule has 2 saturated carbocycles. The average molecular weight is 1820 g/mol. The van der Waals surface area contributed by atoms with Gasteiger partial charge in [-0.05, 0) is 291 Å². The van der Waals surface area contributed by atoms with E-state index in [0.29, 0.717) is 121 Å². The number of nitrogens with zero attached hydrogens (tertiary/aromatic N) is 8. The number of pyridine rings is 3. The van der Waals surface area contributed by atoms with Crippen molar-refractivity contribution in [2.75, 3.05) is 37.7 Å². The minimum atomic E-state index is -0.869. The van der Waals surface area contributed by atoms with Crippen LogP contribution in [0.1, 0.15) is 125 Å². The third kappa shape index (κ3) is 28.1. The second kappa shape index (κ2) is 51.2. The molecule has 1 saturated heterocycles. The molecule has 9 heterocycles. The van der Waals surface area contributed by atoms with Crippen LogP contribution in [-0.4, -0.2) is 113 Å². The van der Waals surface area contributed by atoms with Gasteiger partial charge in [0.05, 0.1) is 78.1 Å². The molecule has 136 heavy (non-hydrogen) atoms. The predicted molar refractivity (Wildman–Crippen MR) is 539 cm³/mol. The van der Waals surface area contributed by atoms with Gasteiger partial charge >= 0.3 is 34.8 Å². The average Bonchev–Trinajstić information content (AvgIpc) is 1.72. The first-order valence-corrected chi connectivity index (χ1v) is 46.1. The molecule has 26 nitrogen and oxygen atoms in total.